The molecular weight excluding hydrogens is 410 g/mol. The minimum atomic E-state index is -0.265. The highest BCUT2D eigenvalue weighted by molar-refractivity contribution is 6.00. The number of fused-ring (bicyclic) bond motifs is 1. The van der Waals surface area contributed by atoms with Crippen LogP contribution in [0.1, 0.15) is 0 Å². The Hall–Kier alpha value is -4.19. The maximum absolute atomic E-state index is 11.8. The Balaban J connectivity index is 1.95. The molecule has 0 aliphatic rings. The Kier molecular flexibility index (Phi) is 6.09. The molecule has 0 atom stereocenters. The van der Waals surface area contributed by atoms with Crippen LogP contribution in [0.15, 0.2) is 79.4 Å². The van der Waals surface area contributed by atoms with E-state index < -0.39 is 0 Å². The fraction of sp³-hybridized carbons (Fsp3) is 0.148. The summed E-state index contributed by atoms with van der Waals surface area (Å²) in [6, 6.07) is 22.1. The minimum absolute atomic E-state index is 0.265. The Bertz CT molecular complexity index is 1340. The maximum Gasteiger partial charge on any atom is 0.247 e. The molecule has 0 aliphatic carbocycles. The Labute approximate surface area is 194 Å². The SMILES string of the molecule is C=CC(=O)Nc1ccc2nc(-c3cccc(N(C)C)c3)c(-c3cccc(N(C)C)c3)nc2c1. The van der Waals surface area contributed by atoms with E-state index in [4.69, 9.17) is 9.97 Å². The Morgan fingerprint density at radius 2 is 1.33 bits per heavy atom. The van der Waals surface area contributed by atoms with Crippen LogP contribution in [0.25, 0.3) is 33.5 Å². The van der Waals surface area contributed by atoms with Crippen LogP contribution < -0.4 is 15.1 Å². The van der Waals surface area contributed by atoms with Crippen molar-refractivity contribution in [3.8, 4) is 22.5 Å². The van der Waals surface area contributed by atoms with Gasteiger partial charge in [0.05, 0.1) is 22.4 Å². The first-order valence-corrected chi connectivity index (χ1v) is 10.7. The van der Waals surface area contributed by atoms with E-state index in [1.165, 1.54) is 6.08 Å². The molecule has 33 heavy (non-hydrogen) atoms. The molecule has 1 amide bonds. The Morgan fingerprint density at radius 1 is 0.788 bits per heavy atom. The van der Waals surface area contributed by atoms with Gasteiger partial charge in [0.1, 0.15) is 0 Å². The quantitative estimate of drug-likeness (QED) is 0.419. The van der Waals surface area contributed by atoms with Crippen LogP contribution >= 0.6 is 0 Å². The largest absolute Gasteiger partial charge is 0.378 e. The van der Waals surface area contributed by atoms with Crippen molar-refractivity contribution < 1.29 is 4.79 Å². The van der Waals surface area contributed by atoms with Gasteiger partial charge in [-0.2, -0.15) is 0 Å². The molecule has 0 saturated carbocycles. The van der Waals surface area contributed by atoms with E-state index in [2.05, 4.69) is 52.0 Å². The zero-order valence-electron chi connectivity index (χ0n) is 19.3. The molecule has 4 aromatic rings. The van der Waals surface area contributed by atoms with Gasteiger partial charge in [0, 0.05) is 56.4 Å². The third kappa shape index (κ3) is 4.70. The summed E-state index contributed by atoms with van der Waals surface area (Å²) in [6.07, 6.45) is 1.24. The number of amides is 1. The molecule has 0 saturated heterocycles. The predicted molar refractivity (Wildman–Crippen MR) is 138 cm³/mol. The van der Waals surface area contributed by atoms with Crippen LogP contribution in [0.5, 0.6) is 0 Å². The number of benzene rings is 3. The summed E-state index contributed by atoms with van der Waals surface area (Å²) in [6.45, 7) is 3.51. The van der Waals surface area contributed by atoms with Gasteiger partial charge in [-0.05, 0) is 48.5 Å². The molecule has 1 heterocycles. The molecule has 6 nitrogen and oxygen atoms in total. The number of nitrogens with zero attached hydrogens (tertiary/aromatic N) is 4. The number of carbonyl (C=O) groups is 1. The first-order chi connectivity index (χ1) is 15.9. The van der Waals surface area contributed by atoms with Crippen LogP contribution in [0.3, 0.4) is 0 Å². The van der Waals surface area contributed by atoms with Crippen molar-refractivity contribution in [1.82, 2.24) is 9.97 Å². The van der Waals surface area contributed by atoms with Crippen molar-refractivity contribution >= 4 is 34.0 Å². The highest BCUT2D eigenvalue weighted by atomic mass is 16.1. The molecule has 4 rings (SSSR count). The summed E-state index contributed by atoms with van der Waals surface area (Å²) in [4.78, 5) is 25.9. The molecule has 1 aromatic heterocycles. The van der Waals surface area contributed by atoms with Gasteiger partial charge >= 0.3 is 0 Å². The van der Waals surface area contributed by atoms with Gasteiger partial charge in [0.15, 0.2) is 0 Å². The second-order valence-electron chi connectivity index (χ2n) is 8.21. The van der Waals surface area contributed by atoms with E-state index in [1.807, 2.05) is 64.6 Å². The highest BCUT2D eigenvalue weighted by Crippen LogP contribution is 2.34. The summed E-state index contributed by atoms with van der Waals surface area (Å²) >= 11 is 0. The summed E-state index contributed by atoms with van der Waals surface area (Å²) in [5.41, 5.74) is 7.83. The molecule has 0 spiro atoms. The van der Waals surface area contributed by atoms with Crippen molar-refractivity contribution in [2.75, 3.05) is 43.3 Å². The smallest absolute Gasteiger partial charge is 0.247 e. The van der Waals surface area contributed by atoms with E-state index in [0.717, 1.165) is 39.4 Å². The monoisotopic (exact) mass is 437 g/mol. The number of rotatable bonds is 6. The lowest BCUT2D eigenvalue weighted by Crippen LogP contribution is -2.09. The predicted octanol–water partition coefficient (Wildman–Crippen LogP) is 5.22. The van der Waals surface area contributed by atoms with Gasteiger partial charge in [-0.15, -0.1) is 0 Å². The lowest BCUT2D eigenvalue weighted by atomic mass is 10.0. The van der Waals surface area contributed by atoms with Crippen molar-refractivity contribution in [3.63, 3.8) is 0 Å². The number of anilines is 3. The lowest BCUT2D eigenvalue weighted by molar-refractivity contribution is -0.111. The molecule has 0 unspecified atom stereocenters. The van der Waals surface area contributed by atoms with Gasteiger partial charge in [0.25, 0.3) is 0 Å². The van der Waals surface area contributed by atoms with Gasteiger partial charge in [-0.1, -0.05) is 30.8 Å². The molecule has 0 aliphatic heterocycles. The average Bonchev–Trinajstić information content (AvgIpc) is 2.83. The van der Waals surface area contributed by atoms with Crippen LogP contribution in [0.4, 0.5) is 17.1 Å². The lowest BCUT2D eigenvalue weighted by Gasteiger charge is -2.17. The van der Waals surface area contributed by atoms with E-state index in [1.54, 1.807) is 0 Å². The molecule has 166 valence electrons. The standard InChI is InChI=1S/C27H27N5O/c1-6-25(33)28-20-13-14-23-24(17-20)30-27(19-10-8-12-22(16-19)32(4)5)26(29-23)18-9-7-11-21(15-18)31(2)3/h6-17H,1H2,2-5H3,(H,28,33). The van der Waals surface area contributed by atoms with Gasteiger partial charge in [0.2, 0.25) is 5.91 Å². The zero-order chi connectivity index (χ0) is 23.5. The van der Waals surface area contributed by atoms with Gasteiger partial charge < -0.3 is 15.1 Å². The van der Waals surface area contributed by atoms with E-state index in [-0.39, 0.29) is 5.91 Å². The Morgan fingerprint density at radius 3 is 1.85 bits per heavy atom. The van der Waals surface area contributed by atoms with Gasteiger partial charge in [-0.25, -0.2) is 9.97 Å². The second-order valence-corrected chi connectivity index (χ2v) is 8.21. The number of carbonyl (C=O) groups excluding carboxylic acids is 1. The van der Waals surface area contributed by atoms with E-state index in [0.29, 0.717) is 11.2 Å². The van der Waals surface area contributed by atoms with Crippen LogP contribution in [0.2, 0.25) is 0 Å². The molecule has 1 N–H and O–H groups in total. The van der Waals surface area contributed by atoms with Crippen molar-refractivity contribution in [3.05, 3.63) is 79.4 Å². The molecule has 0 radical (unpaired) electrons. The minimum Gasteiger partial charge on any atom is -0.378 e. The molecule has 0 fully saturated rings. The molecular formula is C27H27N5O. The summed E-state index contributed by atoms with van der Waals surface area (Å²) in [5.74, 6) is -0.265. The maximum atomic E-state index is 11.8. The third-order valence-electron chi connectivity index (χ3n) is 5.39. The fourth-order valence-corrected chi connectivity index (χ4v) is 3.59. The first kappa shape index (κ1) is 22.0. The topological polar surface area (TPSA) is 61.4 Å². The molecule has 3 aromatic carbocycles. The van der Waals surface area contributed by atoms with E-state index >= 15 is 0 Å². The van der Waals surface area contributed by atoms with Crippen LogP contribution in [0, 0.1) is 0 Å². The van der Waals surface area contributed by atoms with Crippen LogP contribution in [-0.2, 0) is 4.79 Å². The number of hydrogen-bond acceptors (Lipinski definition) is 5. The fourth-order valence-electron chi connectivity index (χ4n) is 3.59. The average molecular weight is 438 g/mol. The van der Waals surface area contributed by atoms with Crippen LogP contribution in [-0.4, -0.2) is 44.1 Å². The van der Waals surface area contributed by atoms with Crippen molar-refractivity contribution in [2.45, 2.75) is 0 Å². The first-order valence-electron chi connectivity index (χ1n) is 10.7. The normalized spacial score (nSPS) is 10.7. The van der Waals surface area contributed by atoms with Crippen molar-refractivity contribution in [1.29, 1.82) is 0 Å². The second kappa shape index (κ2) is 9.12. The third-order valence-corrected chi connectivity index (χ3v) is 5.39. The summed E-state index contributed by atoms with van der Waals surface area (Å²) in [5, 5.41) is 2.80. The summed E-state index contributed by atoms with van der Waals surface area (Å²) < 4.78 is 0. The number of aromatic nitrogens is 2. The summed E-state index contributed by atoms with van der Waals surface area (Å²) in [7, 11) is 8.07. The zero-order valence-corrected chi connectivity index (χ0v) is 19.3. The van der Waals surface area contributed by atoms with Gasteiger partial charge in [-0.3, -0.25) is 4.79 Å². The number of hydrogen-bond donors (Lipinski definition) is 1. The molecule has 0 bridgehead atoms. The number of nitrogens with one attached hydrogen (secondary N) is 1. The molecule has 6 heteroatoms. The highest BCUT2D eigenvalue weighted by Gasteiger charge is 2.15. The van der Waals surface area contributed by atoms with Crippen molar-refractivity contribution in [2.24, 2.45) is 0 Å². The van der Waals surface area contributed by atoms with E-state index in [9.17, 15) is 4.79 Å².